The van der Waals surface area contributed by atoms with Crippen LogP contribution in [-0.2, 0) is 13.0 Å². The summed E-state index contributed by atoms with van der Waals surface area (Å²) in [4.78, 5) is 17.2. The van der Waals surface area contributed by atoms with E-state index in [4.69, 9.17) is 9.73 Å². The second-order valence-electron chi connectivity index (χ2n) is 9.16. The van der Waals surface area contributed by atoms with Crippen LogP contribution in [0, 0.1) is 10.1 Å². The lowest BCUT2D eigenvalue weighted by Crippen LogP contribution is -2.38. The van der Waals surface area contributed by atoms with E-state index in [0.717, 1.165) is 33.5 Å². The minimum Gasteiger partial charge on any atom is -0.489 e. The Morgan fingerprint density at radius 1 is 0.784 bits per heavy atom. The first-order chi connectivity index (χ1) is 18.1. The summed E-state index contributed by atoms with van der Waals surface area (Å²) in [6.07, 6.45) is 0.580. The van der Waals surface area contributed by atoms with Crippen molar-refractivity contribution in [3.05, 3.63) is 153 Å². The maximum Gasteiger partial charge on any atom is 0.261 e. The van der Waals surface area contributed by atoms with Crippen molar-refractivity contribution in [3.63, 3.8) is 0 Å². The Bertz CT molecular complexity index is 1430. The van der Waals surface area contributed by atoms with E-state index in [1.54, 1.807) is 6.92 Å². The lowest BCUT2D eigenvalue weighted by molar-refractivity contribution is -0.504. The van der Waals surface area contributed by atoms with Crippen molar-refractivity contribution in [2.75, 3.05) is 0 Å². The van der Waals surface area contributed by atoms with Crippen molar-refractivity contribution in [3.8, 4) is 5.75 Å². The molecule has 184 valence electrons. The monoisotopic (exact) mass is 488 g/mol. The molecule has 5 heteroatoms. The number of hydrogen-bond acceptors (Lipinski definition) is 4. The first-order valence-corrected chi connectivity index (χ1v) is 12.4. The van der Waals surface area contributed by atoms with Crippen LogP contribution in [0.5, 0.6) is 5.75 Å². The van der Waals surface area contributed by atoms with E-state index in [1.165, 1.54) is 0 Å². The number of benzene rings is 4. The minimum atomic E-state index is -1.00. The predicted molar refractivity (Wildman–Crippen MR) is 147 cm³/mol. The van der Waals surface area contributed by atoms with Crippen LogP contribution in [0.3, 0.4) is 0 Å². The molecule has 0 spiro atoms. The average molecular weight is 489 g/mol. The zero-order chi connectivity index (χ0) is 25.6. The maximum absolute atomic E-state index is 12.5. The van der Waals surface area contributed by atoms with E-state index in [-0.39, 0.29) is 4.92 Å². The highest BCUT2D eigenvalue weighted by Gasteiger charge is 2.44. The van der Waals surface area contributed by atoms with Crippen LogP contribution in [0.25, 0.3) is 5.57 Å². The largest absolute Gasteiger partial charge is 0.489 e. The highest BCUT2D eigenvalue weighted by atomic mass is 16.6. The number of hydrogen-bond donors (Lipinski definition) is 0. The van der Waals surface area contributed by atoms with Gasteiger partial charge in [-0.25, -0.2) is 0 Å². The number of allylic oxidation sites excluding steroid dienone is 1. The van der Waals surface area contributed by atoms with Gasteiger partial charge in [-0.1, -0.05) is 109 Å². The van der Waals surface area contributed by atoms with Crippen molar-refractivity contribution >= 4 is 11.3 Å². The molecule has 0 radical (unpaired) electrons. The molecule has 4 aromatic carbocycles. The third kappa shape index (κ3) is 5.36. The molecule has 0 aromatic heterocycles. The smallest absolute Gasteiger partial charge is 0.261 e. The Morgan fingerprint density at radius 2 is 1.35 bits per heavy atom. The number of rotatable bonds is 8. The third-order valence-corrected chi connectivity index (χ3v) is 6.69. The van der Waals surface area contributed by atoms with Crippen LogP contribution in [0.2, 0.25) is 0 Å². The van der Waals surface area contributed by atoms with Gasteiger partial charge in [-0.05, 0) is 35.3 Å². The molecule has 37 heavy (non-hydrogen) atoms. The van der Waals surface area contributed by atoms with E-state index in [2.05, 4.69) is 12.1 Å². The molecule has 4 aromatic rings. The molecule has 2 unspecified atom stereocenters. The lowest BCUT2D eigenvalue weighted by Gasteiger charge is -2.31. The van der Waals surface area contributed by atoms with Crippen molar-refractivity contribution in [2.45, 2.75) is 31.9 Å². The summed E-state index contributed by atoms with van der Waals surface area (Å²) >= 11 is 0. The molecule has 0 aliphatic carbocycles. The normalized spacial score (nSPS) is 17.3. The van der Waals surface area contributed by atoms with Gasteiger partial charge in [0.2, 0.25) is 0 Å². The van der Waals surface area contributed by atoms with Crippen molar-refractivity contribution in [1.82, 2.24) is 0 Å². The van der Waals surface area contributed by atoms with E-state index < -0.39 is 12.0 Å². The van der Waals surface area contributed by atoms with Gasteiger partial charge >= 0.3 is 0 Å². The van der Waals surface area contributed by atoms with Gasteiger partial charge < -0.3 is 4.74 Å². The molecular formula is C32H28N2O3. The summed E-state index contributed by atoms with van der Waals surface area (Å²) in [5.41, 5.74) is 6.07. The van der Waals surface area contributed by atoms with Gasteiger partial charge in [-0.3, -0.25) is 15.1 Å². The second-order valence-corrected chi connectivity index (χ2v) is 9.16. The van der Waals surface area contributed by atoms with Gasteiger partial charge in [-0.15, -0.1) is 0 Å². The molecule has 0 N–H and O–H groups in total. The van der Waals surface area contributed by atoms with Crippen LogP contribution in [0.1, 0.15) is 35.1 Å². The zero-order valence-electron chi connectivity index (χ0n) is 20.7. The van der Waals surface area contributed by atoms with Gasteiger partial charge in [-0.2, -0.15) is 0 Å². The van der Waals surface area contributed by atoms with E-state index in [1.807, 2.05) is 103 Å². The van der Waals surface area contributed by atoms with Gasteiger partial charge in [0.15, 0.2) is 0 Å². The molecule has 2 atom stereocenters. The molecule has 5 nitrogen and oxygen atoms in total. The van der Waals surface area contributed by atoms with Crippen LogP contribution in [0.4, 0.5) is 0 Å². The Balaban J connectivity index is 1.66. The number of ether oxygens (including phenoxy) is 1. The summed E-state index contributed by atoms with van der Waals surface area (Å²) in [7, 11) is 0. The summed E-state index contributed by atoms with van der Waals surface area (Å²) in [5, 5.41) is 12.5. The summed E-state index contributed by atoms with van der Waals surface area (Å²) in [6, 6.07) is 36.6. The fourth-order valence-electron chi connectivity index (χ4n) is 5.01. The summed E-state index contributed by atoms with van der Waals surface area (Å²) < 4.78 is 6.29. The Morgan fingerprint density at radius 3 is 2.00 bits per heavy atom. The Labute approximate surface area is 216 Å². The standard InChI is InChI=1S/C32H28N2O3/c1-23-32(34(35)36)31(27-19-11-12-20-29(27)37-22-25-15-7-3-8-16-25)30(26-17-9-4-10-18-26)28(33-23)21-24-13-5-2-6-14-24/h2-20,31-32H,21-22H2,1H3. The summed E-state index contributed by atoms with van der Waals surface area (Å²) in [5.74, 6) is 0.0889. The topological polar surface area (TPSA) is 64.7 Å². The number of para-hydroxylation sites is 1. The van der Waals surface area contributed by atoms with Crippen molar-refractivity contribution in [2.24, 2.45) is 4.99 Å². The molecule has 0 bridgehead atoms. The minimum absolute atomic E-state index is 0.209. The van der Waals surface area contributed by atoms with Gasteiger partial charge in [0.25, 0.3) is 6.04 Å². The fourth-order valence-corrected chi connectivity index (χ4v) is 5.01. The summed E-state index contributed by atoms with van der Waals surface area (Å²) in [6.45, 7) is 2.14. The fraction of sp³-hybridized carbons (Fsp3) is 0.156. The van der Waals surface area contributed by atoms with Crippen LogP contribution in [-0.4, -0.2) is 16.7 Å². The van der Waals surface area contributed by atoms with E-state index >= 15 is 0 Å². The van der Waals surface area contributed by atoms with E-state index in [0.29, 0.717) is 24.5 Å². The molecule has 0 amide bonds. The Kier molecular flexibility index (Phi) is 7.22. The van der Waals surface area contributed by atoms with Crippen LogP contribution >= 0.6 is 0 Å². The Hall–Kier alpha value is -4.51. The number of nitro groups is 1. The first-order valence-electron chi connectivity index (χ1n) is 12.4. The molecular weight excluding hydrogens is 460 g/mol. The molecule has 5 rings (SSSR count). The van der Waals surface area contributed by atoms with Crippen LogP contribution < -0.4 is 4.74 Å². The molecule has 1 aliphatic rings. The quantitative estimate of drug-likeness (QED) is 0.196. The van der Waals surface area contributed by atoms with Crippen molar-refractivity contribution < 1.29 is 9.66 Å². The number of nitrogens with zero attached hydrogens (tertiary/aromatic N) is 2. The second kappa shape index (κ2) is 11.0. The predicted octanol–water partition coefficient (Wildman–Crippen LogP) is 7.12. The lowest BCUT2D eigenvalue weighted by atomic mass is 9.76. The van der Waals surface area contributed by atoms with Gasteiger partial charge in [0, 0.05) is 22.6 Å². The molecule has 1 heterocycles. The third-order valence-electron chi connectivity index (χ3n) is 6.69. The van der Waals surface area contributed by atoms with Crippen molar-refractivity contribution in [1.29, 1.82) is 0 Å². The van der Waals surface area contributed by atoms with Gasteiger partial charge in [0.05, 0.1) is 11.6 Å². The number of aliphatic imine (C=N–C) groups is 1. The van der Waals surface area contributed by atoms with E-state index in [9.17, 15) is 10.1 Å². The molecule has 1 aliphatic heterocycles. The highest BCUT2D eigenvalue weighted by Crippen LogP contribution is 2.45. The average Bonchev–Trinajstić information content (AvgIpc) is 2.93. The SMILES string of the molecule is CC1=NC(Cc2ccccc2)=C(c2ccccc2)C(c2ccccc2OCc2ccccc2)C1[N+](=O)[O-]. The molecule has 0 saturated heterocycles. The van der Waals surface area contributed by atoms with Crippen LogP contribution in [0.15, 0.2) is 126 Å². The molecule has 0 fully saturated rings. The van der Waals surface area contributed by atoms with Gasteiger partial charge in [0.1, 0.15) is 12.4 Å². The maximum atomic E-state index is 12.5. The molecule has 0 saturated carbocycles. The highest BCUT2D eigenvalue weighted by molar-refractivity contribution is 5.96. The zero-order valence-corrected chi connectivity index (χ0v) is 20.7. The first kappa shape index (κ1) is 24.2.